The number of carbonyl (C=O) groups is 4. The Morgan fingerprint density at radius 1 is 0.762 bits per heavy atom. The summed E-state index contributed by atoms with van der Waals surface area (Å²) in [6, 6.07) is 12.8. The largest absolute Gasteiger partial charge is 0.493 e. The highest BCUT2D eigenvalue weighted by Gasteiger charge is 2.15. The van der Waals surface area contributed by atoms with Gasteiger partial charge in [-0.3, -0.25) is 9.59 Å². The van der Waals surface area contributed by atoms with Gasteiger partial charge in [-0.1, -0.05) is 18.2 Å². The second-order valence-corrected chi connectivity index (χ2v) is 8.67. The summed E-state index contributed by atoms with van der Waals surface area (Å²) in [6.07, 6.45) is 3.63. The number of carboxylic acid groups (broad SMARTS) is 1. The zero-order valence-electron chi connectivity index (χ0n) is 23.1. The summed E-state index contributed by atoms with van der Waals surface area (Å²) in [6.45, 7) is 2.49. The molecule has 0 atom stereocenters. The first kappa shape index (κ1) is 31.1. The lowest BCUT2D eigenvalue weighted by Gasteiger charge is -2.10. The topological polar surface area (TPSA) is 135 Å². The van der Waals surface area contributed by atoms with E-state index in [0.717, 1.165) is 12.1 Å². The molecule has 0 saturated heterocycles. The molecule has 0 aromatic heterocycles. The van der Waals surface area contributed by atoms with Crippen LogP contribution in [-0.4, -0.2) is 43.2 Å². The number of hydrogen-bond acceptors (Lipinski definition) is 9. The van der Waals surface area contributed by atoms with Crippen LogP contribution in [0.15, 0.2) is 66.2 Å². The molecule has 3 aromatic carbocycles. The van der Waals surface area contributed by atoms with Gasteiger partial charge in [-0.2, -0.15) is 0 Å². The minimum absolute atomic E-state index is 0.0578. The molecule has 0 bridgehead atoms. The van der Waals surface area contributed by atoms with E-state index < -0.39 is 29.7 Å². The highest BCUT2D eigenvalue weighted by molar-refractivity contribution is 5.93. The van der Waals surface area contributed by atoms with Crippen molar-refractivity contribution in [2.45, 2.75) is 20.3 Å². The Balaban J connectivity index is 1.72. The van der Waals surface area contributed by atoms with Crippen molar-refractivity contribution in [1.29, 1.82) is 0 Å². The molecule has 0 fully saturated rings. The molecule has 0 aliphatic heterocycles. The molecule has 0 aliphatic carbocycles. The number of esters is 3. The highest BCUT2D eigenvalue weighted by Crippen LogP contribution is 2.30. The fourth-order valence-corrected chi connectivity index (χ4v) is 3.68. The van der Waals surface area contributed by atoms with Crippen LogP contribution in [0.4, 0.5) is 4.39 Å². The van der Waals surface area contributed by atoms with Gasteiger partial charge in [-0.05, 0) is 59.2 Å². The lowest BCUT2D eigenvalue weighted by atomic mass is 10.0. The van der Waals surface area contributed by atoms with E-state index in [1.807, 2.05) is 0 Å². The third-order valence-corrected chi connectivity index (χ3v) is 5.53. The van der Waals surface area contributed by atoms with Crippen molar-refractivity contribution in [1.82, 2.24) is 0 Å². The number of halogens is 1. The molecule has 218 valence electrons. The van der Waals surface area contributed by atoms with Gasteiger partial charge in [0.25, 0.3) is 0 Å². The Morgan fingerprint density at radius 2 is 1.33 bits per heavy atom. The number of hydrogen-bond donors (Lipinski definition) is 1. The number of methoxy groups -OCH3 is 2. The first-order valence-electron chi connectivity index (χ1n) is 12.3. The molecule has 42 heavy (non-hydrogen) atoms. The number of ether oxygens (including phenoxy) is 5. The van der Waals surface area contributed by atoms with Crippen LogP contribution in [0.3, 0.4) is 0 Å². The van der Waals surface area contributed by atoms with E-state index in [2.05, 4.69) is 0 Å². The van der Waals surface area contributed by atoms with Gasteiger partial charge in [0.2, 0.25) is 0 Å². The molecule has 0 amide bonds. The monoisotopic (exact) mass is 578 g/mol. The van der Waals surface area contributed by atoms with E-state index in [1.165, 1.54) is 76.6 Å². The first-order chi connectivity index (χ1) is 20.0. The minimum Gasteiger partial charge on any atom is -0.493 e. The van der Waals surface area contributed by atoms with Crippen molar-refractivity contribution < 1.29 is 52.4 Å². The smallest absolute Gasteiger partial charge is 0.336 e. The second kappa shape index (κ2) is 14.3. The predicted molar refractivity (Wildman–Crippen MR) is 149 cm³/mol. The summed E-state index contributed by atoms with van der Waals surface area (Å²) in [7, 11) is 2.77. The minimum atomic E-state index is -1.27. The zero-order chi connectivity index (χ0) is 30.8. The fraction of sp³-hybridized carbons (Fsp3) is 0.161. The number of carboxylic acids is 1. The quantitative estimate of drug-likeness (QED) is 0.188. The van der Waals surface area contributed by atoms with E-state index in [-0.39, 0.29) is 46.3 Å². The van der Waals surface area contributed by atoms with Gasteiger partial charge >= 0.3 is 23.9 Å². The van der Waals surface area contributed by atoms with Gasteiger partial charge < -0.3 is 28.8 Å². The number of carbonyl (C=O) groups excluding carboxylic acids is 3. The summed E-state index contributed by atoms with van der Waals surface area (Å²) in [5, 5.41) is 9.70. The lowest BCUT2D eigenvalue weighted by molar-refractivity contribution is -0.133. The maximum absolute atomic E-state index is 14.9. The SMILES string of the molecule is COc1cc(/C=C/C(=O)Oc2ccc(C/C(=C\c3ccc(OC(C)=O)c(OC)c3)C(=O)O)c(F)c2)ccc1OC(C)=O. The number of aliphatic carboxylic acids is 1. The summed E-state index contributed by atoms with van der Waals surface area (Å²) < 4.78 is 40.5. The van der Waals surface area contributed by atoms with E-state index >= 15 is 0 Å². The number of benzene rings is 3. The van der Waals surface area contributed by atoms with Crippen LogP contribution < -0.4 is 23.7 Å². The molecule has 3 aromatic rings. The summed E-state index contributed by atoms with van der Waals surface area (Å²) >= 11 is 0. The van der Waals surface area contributed by atoms with Crippen molar-refractivity contribution >= 4 is 36.0 Å². The van der Waals surface area contributed by atoms with E-state index in [9.17, 15) is 28.7 Å². The Kier molecular flexibility index (Phi) is 10.6. The van der Waals surface area contributed by atoms with Crippen LogP contribution in [0.5, 0.6) is 28.7 Å². The van der Waals surface area contributed by atoms with Crippen LogP contribution in [0.1, 0.15) is 30.5 Å². The summed E-state index contributed by atoms with van der Waals surface area (Å²) in [5.41, 5.74) is 0.908. The van der Waals surface area contributed by atoms with Crippen molar-refractivity contribution in [2.24, 2.45) is 0 Å². The molecule has 0 heterocycles. The maximum Gasteiger partial charge on any atom is 0.336 e. The van der Waals surface area contributed by atoms with Gasteiger partial charge in [0.1, 0.15) is 11.6 Å². The van der Waals surface area contributed by atoms with Gasteiger partial charge in [0.05, 0.1) is 14.2 Å². The third kappa shape index (κ3) is 8.78. The molecule has 3 rings (SSSR count). The lowest BCUT2D eigenvalue weighted by Crippen LogP contribution is -2.07. The molecule has 0 spiro atoms. The molecule has 10 nitrogen and oxygen atoms in total. The fourth-order valence-electron chi connectivity index (χ4n) is 3.68. The van der Waals surface area contributed by atoms with Crippen molar-refractivity contribution in [3.63, 3.8) is 0 Å². The van der Waals surface area contributed by atoms with Crippen LogP contribution in [0.25, 0.3) is 12.2 Å². The van der Waals surface area contributed by atoms with Crippen LogP contribution in [0.2, 0.25) is 0 Å². The van der Waals surface area contributed by atoms with E-state index in [1.54, 1.807) is 12.1 Å². The molecule has 0 radical (unpaired) electrons. The molecule has 11 heteroatoms. The van der Waals surface area contributed by atoms with Crippen molar-refractivity contribution in [3.05, 3.63) is 88.8 Å². The van der Waals surface area contributed by atoms with Crippen LogP contribution >= 0.6 is 0 Å². The predicted octanol–water partition coefficient (Wildman–Crippen LogP) is 5.02. The van der Waals surface area contributed by atoms with Crippen molar-refractivity contribution in [2.75, 3.05) is 14.2 Å². The maximum atomic E-state index is 14.9. The Labute approximate surface area is 240 Å². The average molecular weight is 579 g/mol. The van der Waals surface area contributed by atoms with Gasteiger partial charge in [0, 0.05) is 38.0 Å². The summed E-state index contributed by atoms with van der Waals surface area (Å²) in [4.78, 5) is 46.6. The van der Waals surface area contributed by atoms with Crippen LogP contribution in [0, 0.1) is 5.82 Å². The second-order valence-electron chi connectivity index (χ2n) is 8.67. The molecule has 0 aliphatic rings. The van der Waals surface area contributed by atoms with E-state index in [0.29, 0.717) is 11.1 Å². The average Bonchev–Trinajstić information content (AvgIpc) is 2.93. The molecular weight excluding hydrogens is 551 g/mol. The van der Waals surface area contributed by atoms with Gasteiger partial charge in [-0.15, -0.1) is 0 Å². The molecule has 1 N–H and O–H groups in total. The Hall–Kier alpha value is -5.45. The Morgan fingerprint density at radius 3 is 1.86 bits per heavy atom. The normalized spacial score (nSPS) is 11.1. The first-order valence-corrected chi connectivity index (χ1v) is 12.3. The highest BCUT2D eigenvalue weighted by atomic mass is 19.1. The molecule has 0 unspecified atom stereocenters. The molecule has 0 saturated carbocycles. The Bertz CT molecular complexity index is 1570. The standard InChI is InChI=1S/C31H27FO10/c1-18(33)40-26-10-5-20(14-28(26)38-3)7-12-30(35)42-24-9-8-22(25(32)17-24)16-23(31(36)37)13-21-6-11-27(41-19(2)34)29(15-21)39-4/h5-15,17H,16H2,1-4H3,(H,36,37)/b12-7+,23-13+. The van der Waals surface area contributed by atoms with Crippen molar-refractivity contribution in [3.8, 4) is 28.7 Å². The van der Waals surface area contributed by atoms with Gasteiger partial charge in [-0.25, -0.2) is 14.0 Å². The van der Waals surface area contributed by atoms with Crippen LogP contribution in [-0.2, 0) is 25.6 Å². The third-order valence-electron chi connectivity index (χ3n) is 5.53. The van der Waals surface area contributed by atoms with Gasteiger partial charge in [0.15, 0.2) is 23.0 Å². The summed E-state index contributed by atoms with van der Waals surface area (Å²) in [5.74, 6) is -3.08. The molecular formula is C31H27FO10. The van der Waals surface area contributed by atoms with E-state index in [4.69, 9.17) is 23.7 Å². The zero-order valence-corrected chi connectivity index (χ0v) is 23.1. The number of rotatable bonds is 11.